The monoisotopic (exact) mass is 381 g/mol. The van der Waals surface area contributed by atoms with Gasteiger partial charge in [-0.15, -0.1) is 0 Å². The lowest BCUT2D eigenvalue weighted by molar-refractivity contribution is -0.117. The minimum atomic E-state index is -0.229. The topological polar surface area (TPSA) is 97.6 Å². The third-order valence-corrected chi connectivity index (χ3v) is 3.96. The lowest BCUT2D eigenvalue weighted by atomic mass is 10.2. The van der Waals surface area contributed by atoms with Gasteiger partial charge in [-0.25, -0.2) is 4.68 Å². The van der Waals surface area contributed by atoms with Crippen molar-refractivity contribution in [1.29, 1.82) is 0 Å². The molecule has 0 saturated carbocycles. The molecule has 1 aliphatic rings. The van der Waals surface area contributed by atoms with E-state index in [0.717, 1.165) is 17.7 Å². The van der Waals surface area contributed by atoms with Crippen LogP contribution in [0.25, 0.3) is 0 Å². The molecule has 3 rings (SSSR count). The van der Waals surface area contributed by atoms with Crippen molar-refractivity contribution in [1.82, 2.24) is 15.1 Å². The summed E-state index contributed by atoms with van der Waals surface area (Å²) in [7, 11) is 0. The van der Waals surface area contributed by atoms with Gasteiger partial charge in [0.25, 0.3) is 5.56 Å². The highest BCUT2D eigenvalue weighted by Crippen LogP contribution is 2.14. The van der Waals surface area contributed by atoms with Gasteiger partial charge in [0.2, 0.25) is 5.91 Å². The summed E-state index contributed by atoms with van der Waals surface area (Å²) in [4.78, 5) is 27.7. The zero-order valence-electron chi connectivity index (χ0n) is 15.9. The second-order valence-electron chi connectivity index (χ2n) is 6.16. The molecule has 0 atom stereocenters. The molecule has 8 nitrogen and oxygen atoms in total. The van der Waals surface area contributed by atoms with Crippen LogP contribution in [-0.2, 0) is 16.1 Å². The first-order valence-corrected chi connectivity index (χ1v) is 9.20. The Morgan fingerprint density at radius 1 is 1.29 bits per heavy atom. The van der Waals surface area contributed by atoms with E-state index in [1.54, 1.807) is 6.07 Å². The Hall–Kier alpha value is -3.42. The number of nitrogens with zero attached hydrogens (tertiary/aromatic N) is 3. The highest BCUT2D eigenvalue weighted by Gasteiger charge is 2.17. The highest BCUT2D eigenvalue weighted by molar-refractivity contribution is 6.11. The maximum atomic E-state index is 12.2. The maximum Gasteiger partial charge on any atom is 0.267 e. The first-order valence-electron chi connectivity index (χ1n) is 9.20. The summed E-state index contributed by atoms with van der Waals surface area (Å²) in [6, 6.07) is 10.7. The molecule has 1 amide bonds. The number of allylic oxidation sites excluding steroid dienone is 1. The SMILES string of the molecule is CCC=C(Nc1cccc(Cn2nc(C3=NCC(=O)N3)ccc2=O)c1)OCC. The maximum absolute atomic E-state index is 12.2. The average Bonchev–Trinajstić information content (AvgIpc) is 3.11. The molecule has 146 valence electrons. The van der Waals surface area contributed by atoms with Crippen LogP contribution in [0, 0.1) is 0 Å². The second-order valence-corrected chi connectivity index (χ2v) is 6.16. The van der Waals surface area contributed by atoms with Gasteiger partial charge in [0.1, 0.15) is 12.2 Å². The number of aromatic nitrogens is 2. The Morgan fingerprint density at radius 3 is 2.86 bits per heavy atom. The van der Waals surface area contributed by atoms with Crippen LogP contribution in [0.4, 0.5) is 5.69 Å². The summed E-state index contributed by atoms with van der Waals surface area (Å²) in [5.41, 5.74) is 2.00. The number of hydrogen-bond acceptors (Lipinski definition) is 6. The summed E-state index contributed by atoms with van der Waals surface area (Å²) in [5, 5.41) is 10.2. The Balaban J connectivity index is 1.79. The fraction of sp³-hybridized carbons (Fsp3) is 0.300. The van der Waals surface area contributed by atoms with Crippen molar-refractivity contribution in [2.45, 2.75) is 26.8 Å². The van der Waals surface area contributed by atoms with Gasteiger partial charge in [0.05, 0.1) is 13.2 Å². The third-order valence-electron chi connectivity index (χ3n) is 3.96. The summed E-state index contributed by atoms with van der Waals surface area (Å²) in [6.07, 6.45) is 2.83. The quantitative estimate of drug-likeness (QED) is 0.681. The number of amidine groups is 1. The number of anilines is 1. The van der Waals surface area contributed by atoms with Crippen molar-refractivity contribution in [3.63, 3.8) is 0 Å². The largest absolute Gasteiger partial charge is 0.479 e. The molecule has 8 heteroatoms. The van der Waals surface area contributed by atoms with Gasteiger partial charge in [0.15, 0.2) is 11.7 Å². The van der Waals surface area contributed by atoms with Gasteiger partial charge in [-0.05, 0) is 43.2 Å². The predicted molar refractivity (Wildman–Crippen MR) is 107 cm³/mol. The summed E-state index contributed by atoms with van der Waals surface area (Å²) in [6.45, 7) is 4.93. The Morgan fingerprint density at radius 2 is 2.14 bits per heavy atom. The molecule has 0 spiro atoms. The number of rotatable bonds is 8. The van der Waals surface area contributed by atoms with Gasteiger partial charge in [-0.1, -0.05) is 19.1 Å². The predicted octanol–water partition coefficient (Wildman–Crippen LogP) is 1.87. The molecule has 0 bridgehead atoms. The van der Waals surface area contributed by atoms with Crippen molar-refractivity contribution < 1.29 is 9.53 Å². The van der Waals surface area contributed by atoms with E-state index in [2.05, 4.69) is 20.7 Å². The summed E-state index contributed by atoms with van der Waals surface area (Å²) >= 11 is 0. The minimum Gasteiger partial charge on any atom is -0.479 e. The molecule has 0 aliphatic carbocycles. The lowest BCUT2D eigenvalue weighted by Gasteiger charge is -2.13. The van der Waals surface area contributed by atoms with Crippen LogP contribution in [0.1, 0.15) is 31.5 Å². The molecule has 0 fully saturated rings. The zero-order chi connectivity index (χ0) is 19.9. The zero-order valence-corrected chi connectivity index (χ0v) is 15.9. The van der Waals surface area contributed by atoms with Crippen molar-refractivity contribution in [3.8, 4) is 0 Å². The van der Waals surface area contributed by atoms with E-state index in [1.165, 1.54) is 10.7 Å². The van der Waals surface area contributed by atoms with Gasteiger partial charge in [0, 0.05) is 11.8 Å². The fourth-order valence-electron chi connectivity index (χ4n) is 2.75. The molecule has 2 aromatic rings. The van der Waals surface area contributed by atoms with E-state index in [1.807, 2.05) is 44.2 Å². The molecular weight excluding hydrogens is 358 g/mol. The first kappa shape index (κ1) is 19.3. The van der Waals surface area contributed by atoms with Crippen LogP contribution in [0.2, 0.25) is 0 Å². The van der Waals surface area contributed by atoms with Crippen LogP contribution in [0.15, 0.2) is 58.1 Å². The summed E-state index contributed by atoms with van der Waals surface area (Å²) < 4.78 is 6.93. The van der Waals surface area contributed by atoms with Gasteiger partial charge < -0.3 is 15.4 Å². The molecule has 2 heterocycles. The molecule has 1 aromatic carbocycles. The number of aliphatic imine (C=N–C) groups is 1. The number of ether oxygens (including phenoxy) is 1. The van der Waals surface area contributed by atoms with Crippen molar-refractivity contribution in [2.75, 3.05) is 18.5 Å². The molecule has 1 aliphatic heterocycles. The van der Waals surface area contributed by atoms with Crippen LogP contribution in [-0.4, -0.2) is 34.7 Å². The molecule has 0 saturated heterocycles. The standard InChI is InChI=1S/C20H23N5O3/c1-3-6-18(28-4-2)22-15-8-5-7-14(11-15)13-25-19(27)10-9-16(24-25)20-21-12-17(26)23-20/h5-11,22H,3-4,12-13H2,1-2H3,(H,21,23,26). The normalized spacial score (nSPS) is 13.9. The minimum absolute atomic E-state index is 0.0807. The third kappa shape index (κ3) is 4.85. The lowest BCUT2D eigenvalue weighted by Crippen LogP contribution is -2.30. The van der Waals surface area contributed by atoms with E-state index < -0.39 is 0 Å². The molecule has 0 radical (unpaired) electrons. The molecule has 28 heavy (non-hydrogen) atoms. The van der Waals surface area contributed by atoms with Crippen LogP contribution >= 0.6 is 0 Å². The van der Waals surface area contributed by atoms with E-state index in [0.29, 0.717) is 30.6 Å². The number of amides is 1. The molecule has 2 N–H and O–H groups in total. The Bertz CT molecular complexity index is 978. The molecule has 0 unspecified atom stereocenters. The average molecular weight is 381 g/mol. The number of carbonyl (C=O) groups is 1. The first-order chi connectivity index (χ1) is 13.6. The van der Waals surface area contributed by atoms with Crippen LogP contribution in [0.3, 0.4) is 0 Å². The number of benzene rings is 1. The smallest absolute Gasteiger partial charge is 0.267 e. The van der Waals surface area contributed by atoms with Gasteiger partial charge in [-0.3, -0.25) is 14.6 Å². The van der Waals surface area contributed by atoms with Crippen molar-refractivity contribution >= 4 is 17.4 Å². The van der Waals surface area contributed by atoms with Crippen molar-refractivity contribution in [3.05, 3.63) is 70.0 Å². The van der Waals surface area contributed by atoms with E-state index >= 15 is 0 Å². The van der Waals surface area contributed by atoms with Crippen LogP contribution < -0.4 is 16.2 Å². The van der Waals surface area contributed by atoms with Crippen molar-refractivity contribution in [2.24, 2.45) is 4.99 Å². The van der Waals surface area contributed by atoms with E-state index in [4.69, 9.17) is 4.74 Å². The van der Waals surface area contributed by atoms with Crippen LogP contribution in [0.5, 0.6) is 0 Å². The Kier molecular flexibility index (Phi) is 6.21. The second kappa shape index (κ2) is 8.98. The summed E-state index contributed by atoms with van der Waals surface area (Å²) in [5.74, 6) is 0.910. The highest BCUT2D eigenvalue weighted by atomic mass is 16.5. The van der Waals surface area contributed by atoms with Gasteiger partial charge in [-0.2, -0.15) is 5.10 Å². The van der Waals surface area contributed by atoms with E-state index in [-0.39, 0.29) is 18.0 Å². The van der Waals surface area contributed by atoms with Gasteiger partial charge >= 0.3 is 0 Å². The molecule has 1 aromatic heterocycles. The van der Waals surface area contributed by atoms with E-state index in [9.17, 15) is 9.59 Å². The Labute approximate surface area is 162 Å². The number of carbonyl (C=O) groups excluding carboxylic acids is 1. The number of nitrogens with one attached hydrogen (secondary N) is 2. The fourth-order valence-corrected chi connectivity index (χ4v) is 2.75. The number of hydrogen-bond donors (Lipinski definition) is 2. The molecular formula is C20H23N5O3.